The molecule has 8 heteroatoms. The number of rotatable bonds is 3. The Kier molecular flexibility index (Phi) is 4.78. The van der Waals surface area contributed by atoms with Gasteiger partial charge in [0.25, 0.3) is 0 Å². The first kappa shape index (κ1) is 18.0. The van der Waals surface area contributed by atoms with Gasteiger partial charge in [-0.1, -0.05) is 5.16 Å². The van der Waals surface area contributed by atoms with Gasteiger partial charge in [-0.2, -0.15) is 0 Å². The van der Waals surface area contributed by atoms with Crippen molar-refractivity contribution in [1.82, 2.24) is 26.0 Å². The molecule has 1 aliphatic carbocycles. The maximum Gasteiger partial charge on any atom is 0.137 e. The van der Waals surface area contributed by atoms with Crippen molar-refractivity contribution >= 4 is 5.82 Å². The maximum absolute atomic E-state index is 5.47. The molecule has 2 saturated heterocycles. The fraction of sp³-hybridized carbons (Fsp3) is 0.650. The molecule has 4 heterocycles. The number of aryl methyl sites for hydroxylation is 2. The van der Waals surface area contributed by atoms with Gasteiger partial charge in [-0.05, 0) is 44.9 Å². The summed E-state index contributed by atoms with van der Waals surface area (Å²) in [6, 6.07) is 2.81. The summed E-state index contributed by atoms with van der Waals surface area (Å²) >= 11 is 0. The lowest BCUT2D eigenvalue weighted by Gasteiger charge is -2.33. The van der Waals surface area contributed by atoms with Crippen molar-refractivity contribution < 1.29 is 9.26 Å². The zero-order chi connectivity index (χ0) is 19.1. The molecule has 2 aromatic heterocycles. The second kappa shape index (κ2) is 7.42. The SMILES string of the molecule is Cc1noc(C)c1C1CCC2NNC(c3cc(N4CCOCC4)ncn3)C2C1. The normalized spacial score (nSPS) is 30.4. The van der Waals surface area contributed by atoms with Crippen LogP contribution in [0.3, 0.4) is 0 Å². The number of morpholine rings is 1. The van der Waals surface area contributed by atoms with Gasteiger partial charge in [0.2, 0.25) is 0 Å². The van der Waals surface area contributed by atoms with Crippen LogP contribution in [0, 0.1) is 19.8 Å². The quantitative estimate of drug-likeness (QED) is 0.831. The van der Waals surface area contributed by atoms with Crippen molar-refractivity contribution in [3.63, 3.8) is 0 Å². The molecule has 3 aliphatic rings. The molecule has 4 unspecified atom stereocenters. The second-order valence-corrected chi connectivity index (χ2v) is 8.19. The Morgan fingerprint density at radius 2 is 1.96 bits per heavy atom. The number of hydrogen-bond acceptors (Lipinski definition) is 8. The molecule has 0 amide bonds. The first-order chi connectivity index (χ1) is 13.7. The summed E-state index contributed by atoms with van der Waals surface area (Å²) in [5.41, 5.74) is 10.4. The third kappa shape index (κ3) is 3.19. The fourth-order valence-corrected chi connectivity index (χ4v) is 5.18. The molecule has 28 heavy (non-hydrogen) atoms. The van der Waals surface area contributed by atoms with E-state index in [1.165, 1.54) is 5.56 Å². The first-order valence-electron chi connectivity index (χ1n) is 10.3. The zero-order valence-corrected chi connectivity index (χ0v) is 16.5. The molecule has 2 N–H and O–H groups in total. The summed E-state index contributed by atoms with van der Waals surface area (Å²) in [4.78, 5) is 11.4. The average Bonchev–Trinajstić information content (AvgIpc) is 3.31. The van der Waals surface area contributed by atoms with Gasteiger partial charge in [-0.3, -0.25) is 5.43 Å². The summed E-state index contributed by atoms with van der Waals surface area (Å²) in [6.07, 6.45) is 5.11. The molecule has 150 valence electrons. The molecule has 4 atom stereocenters. The van der Waals surface area contributed by atoms with Crippen molar-refractivity contribution in [3.8, 4) is 0 Å². The van der Waals surface area contributed by atoms with E-state index in [4.69, 9.17) is 9.26 Å². The highest BCUT2D eigenvalue weighted by molar-refractivity contribution is 5.40. The highest BCUT2D eigenvalue weighted by atomic mass is 16.5. The van der Waals surface area contributed by atoms with Crippen molar-refractivity contribution in [1.29, 1.82) is 0 Å². The van der Waals surface area contributed by atoms with E-state index >= 15 is 0 Å². The van der Waals surface area contributed by atoms with E-state index in [0.29, 0.717) is 17.9 Å². The van der Waals surface area contributed by atoms with E-state index in [2.05, 4.69) is 43.9 Å². The standard InChI is InChI=1S/C20H28N6O2/c1-12-19(13(2)28-25-12)14-3-4-16-15(9-14)20(24-23-16)17-10-18(22-11-21-17)26-5-7-27-8-6-26/h10-11,14-16,20,23-24H,3-9H2,1-2H3. The van der Waals surface area contributed by atoms with E-state index in [1.54, 1.807) is 6.33 Å². The minimum Gasteiger partial charge on any atom is -0.378 e. The molecule has 0 aromatic carbocycles. The molecular weight excluding hydrogens is 356 g/mol. The number of fused-ring (bicyclic) bond motifs is 1. The molecule has 8 nitrogen and oxygen atoms in total. The Bertz CT molecular complexity index is 814. The van der Waals surface area contributed by atoms with Gasteiger partial charge in [0, 0.05) is 30.8 Å². The zero-order valence-electron chi connectivity index (χ0n) is 16.5. The van der Waals surface area contributed by atoms with Crippen LogP contribution in [-0.4, -0.2) is 47.5 Å². The summed E-state index contributed by atoms with van der Waals surface area (Å²) < 4.78 is 10.9. The van der Waals surface area contributed by atoms with E-state index in [0.717, 1.165) is 68.5 Å². The molecule has 3 fully saturated rings. The highest BCUT2D eigenvalue weighted by Crippen LogP contribution is 2.45. The van der Waals surface area contributed by atoms with Gasteiger partial charge in [-0.15, -0.1) is 0 Å². The smallest absolute Gasteiger partial charge is 0.137 e. The number of hydrazine groups is 1. The van der Waals surface area contributed by atoms with Crippen LogP contribution in [0.15, 0.2) is 16.9 Å². The summed E-state index contributed by atoms with van der Waals surface area (Å²) in [6.45, 7) is 7.36. The Labute approximate surface area is 165 Å². The lowest BCUT2D eigenvalue weighted by molar-refractivity contribution is 0.122. The average molecular weight is 384 g/mol. The second-order valence-electron chi connectivity index (χ2n) is 8.19. The van der Waals surface area contributed by atoms with Crippen LogP contribution in [-0.2, 0) is 4.74 Å². The molecular formula is C20H28N6O2. The molecule has 0 bridgehead atoms. The summed E-state index contributed by atoms with van der Waals surface area (Å²) in [5, 5.41) is 4.17. The Balaban J connectivity index is 1.37. The van der Waals surface area contributed by atoms with E-state index in [9.17, 15) is 0 Å². The Morgan fingerprint density at radius 3 is 2.75 bits per heavy atom. The van der Waals surface area contributed by atoms with Gasteiger partial charge in [0.05, 0.1) is 30.6 Å². The first-order valence-corrected chi connectivity index (χ1v) is 10.3. The third-order valence-corrected chi connectivity index (χ3v) is 6.58. The van der Waals surface area contributed by atoms with Crippen LogP contribution in [0.5, 0.6) is 0 Å². The minimum atomic E-state index is 0.191. The fourth-order valence-electron chi connectivity index (χ4n) is 5.18. The Morgan fingerprint density at radius 1 is 1.11 bits per heavy atom. The van der Waals surface area contributed by atoms with Crippen molar-refractivity contribution in [2.45, 2.75) is 51.1 Å². The minimum absolute atomic E-state index is 0.191. The predicted molar refractivity (Wildman–Crippen MR) is 104 cm³/mol. The molecule has 0 spiro atoms. The maximum atomic E-state index is 5.47. The van der Waals surface area contributed by atoms with Gasteiger partial charge < -0.3 is 14.2 Å². The number of aromatic nitrogens is 3. The van der Waals surface area contributed by atoms with Crippen molar-refractivity contribution in [2.75, 3.05) is 31.2 Å². The monoisotopic (exact) mass is 384 g/mol. The van der Waals surface area contributed by atoms with Crippen LogP contribution >= 0.6 is 0 Å². The number of nitrogens with one attached hydrogen (secondary N) is 2. The predicted octanol–water partition coefficient (Wildman–Crippen LogP) is 2.02. The van der Waals surface area contributed by atoms with E-state index < -0.39 is 0 Å². The van der Waals surface area contributed by atoms with Crippen LogP contribution in [0.1, 0.15) is 53.9 Å². The lowest BCUT2D eigenvalue weighted by Crippen LogP contribution is -2.37. The van der Waals surface area contributed by atoms with Gasteiger partial charge in [-0.25, -0.2) is 15.4 Å². The molecule has 1 saturated carbocycles. The topological polar surface area (TPSA) is 88.3 Å². The summed E-state index contributed by atoms with van der Waals surface area (Å²) in [7, 11) is 0. The molecule has 5 rings (SSSR count). The number of ether oxygens (including phenoxy) is 1. The van der Waals surface area contributed by atoms with Gasteiger partial charge in [0.15, 0.2) is 0 Å². The van der Waals surface area contributed by atoms with E-state index in [-0.39, 0.29) is 6.04 Å². The van der Waals surface area contributed by atoms with Crippen LogP contribution < -0.4 is 15.8 Å². The highest BCUT2D eigenvalue weighted by Gasteiger charge is 2.43. The number of anilines is 1. The third-order valence-electron chi connectivity index (χ3n) is 6.58. The number of nitrogens with zero attached hydrogens (tertiary/aromatic N) is 4. The molecule has 2 aliphatic heterocycles. The van der Waals surface area contributed by atoms with Crippen molar-refractivity contribution in [3.05, 3.63) is 35.1 Å². The van der Waals surface area contributed by atoms with Gasteiger partial charge in [0.1, 0.15) is 17.9 Å². The lowest BCUT2D eigenvalue weighted by atomic mass is 9.72. The molecule has 0 radical (unpaired) electrons. The van der Waals surface area contributed by atoms with Crippen LogP contribution in [0.2, 0.25) is 0 Å². The van der Waals surface area contributed by atoms with Crippen molar-refractivity contribution in [2.24, 2.45) is 5.92 Å². The van der Waals surface area contributed by atoms with E-state index in [1.807, 2.05) is 6.92 Å². The Hall–Kier alpha value is -2.03. The van der Waals surface area contributed by atoms with Crippen LogP contribution in [0.25, 0.3) is 0 Å². The van der Waals surface area contributed by atoms with Crippen LogP contribution in [0.4, 0.5) is 5.82 Å². The summed E-state index contributed by atoms with van der Waals surface area (Å²) in [5.74, 6) is 2.95. The largest absolute Gasteiger partial charge is 0.378 e. The molecule has 2 aromatic rings. The number of hydrogen-bond donors (Lipinski definition) is 2. The van der Waals surface area contributed by atoms with Gasteiger partial charge >= 0.3 is 0 Å².